The summed E-state index contributed by atoms with van der Waals surface area (Å²) in [6, 6.07) is 22.5. The Hall–Kier alpha value is -2.83. The SMILES string of the molecule is O=C(NCCCS(=O)(=O)c1ccccc1)c1ccccc1OCc1ccc(Cl)cc1. The second-order valence-electron chi connectivity index (χ2n) is 6.65. The Morgan fingerprint density at radius 3 is 2.30 bits per heavy atom. The number of carbonyl (C=O) groups is 1. The lowest BCUT2D eigenvalue weighted by Gasteiger charge is -2.12. The molecule has 156 valence electrons. The average Bonchev–Trinajstić information content (AvgIpc) is 2.77. The number of halogens is 1. The summed E-state index contributed by atoms with van der Waals surface area (Å²) in [5.74, 6) is 0.118. The van der Waals surface area contributed by atoms with Crippen molar-refractivity contribution in [3.8, 4) is 5.75 Å². The molecule has 0 fully saturated rings. The number of nitrogens with one attached hydrogen (secondary N) is 1. The molecule has 1 amide bonds. The second-order valence-corrected chi connectivity index (χ2v) is 9.20. The number of benzene rings is 3. The van der Waals surface area contributed by atoms with Gasteiger partial charge < -0.3 is 10.1 Å². The zero-order valence-electron chi connectivity index (χ0n) is 16.3. The number of sulfone groups is 1. The van der Waals surface area contributed by atoms with E-state index in [4.69, 9.17) is 16.3 Å². The topological polar surface area (TPSA) is 72.5 Å². The number of rotatable bonds is 9. The summed E-state index contributed by atoms with van der Waals surface area (Å²) in [5, 5.41) is 3.41. The lowest BCUT2D eigenvalue weighted by atomic mass is 10.2. The molecule has 0 aliphatic heterocycles. The maximum Gasteiger partial charge on any atom is 0.255 e. The summed E-state index contributed by atoms with van der Waals surface area (Å²) < 4.78 is 30.4. The monoisotopic (exact) mass is 443 g/mol. The van der Waals surface area contributed by atoms with Crippen molar-refractivity contribution in [1.82, 2.24) is 5.32 Å². The van der Waals surface area contributed by atoms with Crippen LogP contribution in [0.2, 0.25) is 5.02 Å². The molecule has 0 aliphatic rings. The number of carbonyl (C=O) groups excluding carboxylic acids is 1. The molecule has 0 bridgehead atoms. The number of hydrogen-bond acceptors (Lipinski definition) is 4. The van der Waals surface area contributed by atoms with E-state index < -0.39 is 9.84 Å². The first-order chi connectivity index (χ1) is 14.5. The standard InChI is InChI=1S/C23H22ClNO4S/c24-19-13-11-18(12-14-19)17-29-22-10-5-4-9-21(22)23(26)25-15-6-16-30(27,28)20-7-2-1-3-8-20/h1-5,7-14H,6,15-17H2,(H,25,26). The van der Waals surface area contributed by atoms with Gasteiger partial charge in [-0.1, -0.05) is 54.1 Å². The van der Waals surface area contributed by atoms with Crippen molar-refractivity contribution in [1.29, 1.82) is 0 Å². The molecule has 0 spiro atoms. The Bertz CT molecular complexity index is 1080. The molecular weight excluding hydrogens is 422 g/mol. The van der Waals surface area contributed by atoms with E-state index in [2.05, 4.69) is 5.32 Å². The highest BCUT2D eigenvalue weighted by Crippen LogP contribution is 2.20. The maximum atomic E-state index is 12.6. The molecule has 7 heteroatoms. The van der Waals surface area contributed by atoms with Crippen molar-refractivity contribution < 1.29 is 17.9 Å². The molecule has 0 radical (unpaired) electrons. The molecule has 0 atom stereocenters. The molecule has 0 saturated heterocycles. The number of ether oxygens (including phenoxy) is 1. The van der Waals surface area contributed by atoms with Gasteiger partial charge in [-0.25, -0.2) is 8.42 Å². The minimum atomic E-state index is -3.36. The summed E-state index contributed by atoms with van der Waals surface area (Å²) in [7, 11) is -3.36. The molecule has 0 aliphatic carbocycles. The predicted molar refractivity (Wildman–Crippen MR) is 118 cm³/mol. The fourth-order valence-corrected chi connectivity index (χ4v) is 4.28. The van der Waals surface area contributed by atoms with Crippen LogP contribution in [0.1, 0.15) is 22.3 Å². The van der Waals surface area contributed by atoms with Crippen LogP contribution in [0.3, 0.4) is 0 Å². The highest BCUT2D eigenvalue weighted by atomic mass is 35.5. The Kier molecular flexibility index (Phi) is 7.49. The van der Waals surface area contributed by atoms with Gasteiger partial charge >= 0.3 is 0 Å². The first kappa shape index (κ1) is 21.9. The molecule has 30 heavy (non-hydrogen) atoms. The van der Waals surface area contributed by atoms with Crippen LogP contribution >= 0.6 is 11.6 Å². The van der Waals surface area contributed by atoms with E-state index >= 15 is 0 Å². The van der Waals surface area contributed by atoms with E-state index in [1.807, 2.05) is 12.1 Å². The fourth-order valence-electron chi connectivity index (χ4n) is 2.83. The van der Waals surface area contributed by atoms with Crippen LogP contribution in [0.5, 0.6) is 5.75 Å². The van der Waals surface area contributed by atoms with Gasteiger partial charge in [0.05, 0.1) is 16.2 Å². The van der Waals surface area contributed by atoms with Gasteiger partial charge in [-0.15, -0.1) is 0 Å². The summed E-state index contributed by atoms with van der Waals surface area (Å²) in [6.45, 7) is 0.549. The van der Waals surface area contributed by atoms with Crippen LogP contribution in [-0.2, 0) is 16.4 Å². The fraction of sp³-hybridized carbons (Fsp3) is 0.174. The summed E-state index contributed by atoms with van der Waals surface area (Å²) >= 11 is 5.89. The maximum absolute atomic E-state index is 12.6. The van der Waals surface area contributed by atoms with Crippen LogP contribution in [-0.4, -0.2) is 26.6 Å². The van der Waals surface area contributed by atoms with Crippen LogP contribution < -0.4 is 10.1 Å². The van der Waals surface area contributed by atoms with Gasteiger partial charge in [0.1, 0.15) is 12.4 Å². The molecule has 0 unspecified atom stereocenters. The molecule has 1 N–H and O–H groups in total. The van der Waals surface area contributed by atoms with Gasteiger partial charge in [-0.2, -0.15) is 0 Å². The van der Waals surface area contributed by atoms with Crippen molar-refractivity contribution in [2.24, 2.45) is 0 Å². The lowest BCUT2D eigenvalue weighted by Crippen LogP contribution is -2.26. The molecule has 0 heterocycles. The van der Waals surface area contributed by atoms with Gasteiger partial charge in [0.25, 0.3) is 5.91 Å². The van der Waals surface area contributed by atoms with Crippen LogP contribution in [0.25, 0.3) is 0 Å². The predicted octanol–water partition coefficient (Wildman–Crippen LogP) is 4.51. The molecule has 0 saturated carbocycles. The Morgan fingerprint density at radius 1 is 0.900 bits per heavy atom. The summed E-state index contributed by atoms with van der Waals surface area (Å²) in [4.78, 5) is 12.8. The van der Waals surface area contributed by atoms with Crippen molar-refractivity contribution >= 4 is 27.3 Å². The summed E-state index contributed by atoms with van der Waals surface area (Å²) in [5.41, 5.74) is 1.33. The Labute approximate surface area is 181 Å². The van der Waals surface area contributed by atoms with E-state index in [1.54, 1.807) is 66.7 Å². The van der Waals surface area contributed by atoms with Gasteiger partial charge in [0.15, 0.2) is 9.84 Å². The Morgan fingerprint density at radius 2 is 1.57 bits per heavy atom. The second kappa shape index (κ2) is 10.3. The average molecular weight is 444 g/mol. The zero-order valence-corrected chi connectivity index (χ0v) is 17.8. The molecule has 5 nitrogen and oxygen atoms in total. The molecule has 0 aromatic heterocycles. The number of hydrogen-bond donors (Lipinski definition) is 1. The molecule has 3 rings (SSSR count). The van der Waals surface area contributed by atoms with Gasteiger partial charge in [0, 0.05) is 11.6 Å². The third-order valence-electron chi connectivity index (χ3n) is 4.42. The van der Waals surface area contributed by atoms with Gasteiger partial charge in [-0.3, -0.25) is 4.79 Å². The van der Waals surface area contributed by atoms with Crippen LogP contribution in [0.4, 0.5) is 0 Å². The van der Waals surface area contributed by atoms with Crippen molar-refractivity contribution in [2.75, 3.05) is 12.3 Å². The highest BCUT2D eigenvalue weighted by molar-refractivity contribution is 7.91. The quantitative estimate of drug-likeness (QED) is 0.494. The first-order valence-corrected chi connectivity index (χ1v) is 11.5. The first-order valence-electron chi connectivity index (χ1n) is 9.48. The van der Waals surface area contributed by atoms with Crippen molar-refractivity contribution in [2.45, 2.75) is 17.9 Å². The minimum Gasteiger partial charge on any atom is -0.488 e. The Balaban J connectivity index is 1.53. The van der Waals surface area contributed by atoms with E-state index in [1.165, 1.54) is 0 Å². The van der Waals surface area contributed by atoms with Crippen LogP contribution in [0, 0.1) is 0 Å². The number of amides is 1. The van der Waals surface area contributed by atoms with E-state index in [9.17, 15) is 13.2 Å². The smallest absolute Gasteiger partial charge is 0.255 e. The lowest BCUT2D eigenvalue weighted by molar-refractivity contribution is 0.0949. The van der Waals surface area contributed by atoms with Gasteiger partial charge in [-0.05, 0) is 48.4 Å². The van der Waals surface area contributed by atoms with E-state index in [0.29, 0.717) is 29.4 Å². The zero-order chi connectivity index (χ0) is 21.4. The molecular formula is C23H22ClNO4S. The van der Waals surface area contributed by atoms with Crippen molar-refractivity contribution in [3.63, 3.8) is 0 Å². The third kappa shape index (κ3) is 6.08. The number of para-hydroxylation sites is 1. The highest BCUT2D eigenvalue weighted by Gasteiger charge is 2.15. The normalized spacial score (nSPS) is 11.1. The van der Waals surface area contributed by atoms with E-state index in [-0.39, 0.29) is 23.1 Å². The summed E-state index contributed by atoms with van der Waals surface area (Å²) in [6.07, 6.45) is 0.316. The van der Waals surface area contributed by atoms with Crippen molar-refractivity contribution in [3.05, 3.63) is 95.0 Å². The van der Waals surface area contributed by atoms with Crippen LogP contribution in [0.15, 0.2) is 83.8 Å². The minimum absolute atomic E-state index is 0.0357. The van der Waals surface area contributed by atoms with E-state index in [0.717, 1.165) is 5.56 Å². The largest absolute Gasteiger partial charge is 0.488 e. The molecule has 3 aromatic rings. The third-order valence-corrected chi connectivity index (χ3v) is 6.49. The molecule has 3 aromatic carbocycles. The van der Waals surface area contributed by atoms with Gasteiger partial charge in [0.2, 0.25) is 0 Å².